The van der Waals surface area contributed by atoms with E-state index in [1.807, 2.05) is 0 Å². The van der Waals surface area contributed by atoms with E-state index < -0.39 is 23.4 Å². The Morgan fingerprint density at radius 2 is 2.19 bits per heavy atom. The standard InChI is InChI=1S/C9H12F3NO2S/c1-3-15-5(2)7(14)6-4-13-8(16-6)9(10,11)12/h4-5,7,14H,3H2,1-2H3. The third-order valence-electron chi connectivity index (χ3n) is 1.93. The minimum atomic E-state index is -4.46. The lowest BCUT2D eigenvalue weighted by Crippen LogP contribution is -2.17. The molecule has 0 bridgehead atoms. The molecule has 0 amide bonds. The molecule has 1 heterocycles. The molecule has 2 unspecified atom stereocenters. The van der Waals surface area contributed by atoms with Crippen LogP contribution >= 0.6 is 11.3 Å². The molecule has 16 heavy (non-hydrogen) atoms. The van der Waals surface area contributed by atoms with Crippen molar-refractivity contribution in [2.24, 2.45) is 0 Å². The van der Waals surface area contributed by atoms with E-state index in [9.17, 15) is 18.3 Å². The molecule has 92 valence electrons. The minimum absolute atomic E-state index is 0.160. The topological polar surface area (TPSA) is 42.4 Å². The maximum Gasteiger partial charge on any atom is 0.443 e. The molecular formula is C9H12F3NO2S. The number of aliphatic hydroxyl groups is 1. The average Bonchev–Trinajstić information content (AvgIpc) is 2.65. The highest BCUT2D eigenvalue weighted by atomic mass is 32.1. The van der Waals surface area contributed by atoms with Crippen LogP contribution < -0.4 is 0 Å². The van der Waals surface area contributed by atoms with Crippen molar-refractivity contribution in [1.82, 2.24) is 4.98 Å². The van der Waals surface area contributed by atoms with E-state index in [1.165, 1.54) is 0 Å². The molecule has 0 saturated carbocycles. The van der Waals surface area contributed by atoms with E-state index in [0.717, 1.165) is 6.20 Å². The summed E-state index contributed by atoms with van der Waals surface area (Å²) in [7, 11) is 0. The van der Waals surface area contributed by atoms with Gasteiger partial charge < -0.3 is 9.84 Å². The van der Waals surface area contributed by atoms with Crippen molar-refractivity contribution in [3.8, 4) is 0 Å². The number of aromatic nitrogens is 1. The predicted octanol–water partition coefficient (Wildman–Crippen LogP) is 2.62. The first-order valence-corrected chi connectivity index (χ1v) is 5.50. The number of rotatable bonds is 4. The number of aliphatic hydroxyl groups excluding tert-OH is 1. The van der Waals surface area contributed by atoms with Gasteiger partial charge in [0, 0.05) is 12.8 Å². The first-order chi connectivity index (χ1) is 7.36. The zero-order valence-electron chi connectivity index (χ0n) is 8.78. The van der Waals surface area contributed by atoms with E-state index in [0.29, 0.717) is 17.9 Å². The number of nitrogens with zero attached hydrogens (tertiary/aromatic N) is 1. The van der Waals surface area contributed by atoms with Gasteiger partial charge in [0.05, 0.1) is 11.0 Å². The van der Waals surface area contributed by atoms with Gasteiger partial charge in [-0.1, -0.05) is 0 Å². The van der Waals surface area contributed by atoms with Crippen molar-refractivity contribution >= 4 is 11.3 Å². The van der Waals surface area contributed by atoms with Crippen LogP contribution in [0.3, 0.4) is 0 Å². The maximum atomic E-state index is 12.2. The normalized spacial score (nSPS) is 16.1. The third-order valence-corrected chi connectivity index (χ3v) is 3.04. The van der Waals surface area contributed by atoms with Gasteiger partial charge in [-0.2, -0.15) is 13.2 Å². The lowest BCUT2D eigenvalue weighted by Gasteiger charge is -2.16. The summed E-state index contributed by atoms with van der Waals surface area (Å²) in [5.74, 6) is 0. The van der Waals surface area contributed by atoms with Crippen molar-refractivity contribution in [3.63, 3.8) is 0 Å². The molecular weight excluding hydrogens is 243 g/mol. The van der Waals surface area contributed by atoms with E-state index in [4.69, 9.17) is 4.74 Å². The number of ether oxygens (including phenoxy) is 1. The molecule has 0 spiro atoms. The maximum absolute atomic E-state index is 12.2. The van der Waals surface area contributed by atoms with E-state index >= 15 is 0 Å². The second-order valence-electron chi connectivity index (χ2n) is 3.17. The summed E-state index contributed by atoms with van der Waals surface area (Å²) in [5, 5.41) is 8.72. The molecule has 7 heteroatoms. The van der Waals surface area contributed by atoms with Crippen molar-refractivity contribution < 1.29 is 23.0 Å². The first-order valence-electron chi connectivity index (χ1n) is 4.68. The van der Waals surface area contributed by atoms with Gasteiger partial charge in [0.15, 0.2) is 5.01 Å². The van der Waals surface area contributed by atoms with Gasteiger partial charge in [-0.15, -0.1) is 11.3 Å². The van der Waals surface area contributed by atoms with Gasteiger partial charge in [-0.3, -0.25) is 0 Å². The minimum Gasteiger partial charge on any atom is -0.385 e. The van der Waals surface area contributed by atoms with Gasteiger partial charge in [0.25, 0.3) is 0 Å². The molecule has 1 rings (SSSR count). The Hall–Kier alpha value is -0.660. The van der Waals surface area contributed by atoms with Crippen LogP contribution in [-0.2, 0) is 10.9 Å². The van der Waals surface area contributed by atoms with Crippen LogP contribution in [0.4, 0.5) is 13.2 Å². The quantitative estimate of drug-likeness (QED) is 0.899. The first kappa shape index (κ1) is 13.4. The number of hydrogen-bond donors (Lipinski definition) is 1. The van der Waals surface area contributed by atoms with Crippen LogP contribution in [0.2, 0.25) is 0 Å². The fraction of sp³-hybridized carbons (Fsp3) is 0.667. The van der Waals surface area contributed by atoms with Gasteiger partial charge in [0.2, 0.25) is 0 Å². The third kappa shape index (κ3) is 3.16. The highest BCUT2D eigenvalue weighted by Gasteiger charge is 2.35. The number of hydrogen-bond acceptors (Lipinski definition) is 4. The van der Waals surface area contributed by atoms with E-state index in [1.54, 1.807) is 13.8 Å². The zero-order valence-corrected chi connectivity index (χ0v) is 9.60. The molecule has 2 atom stereocenters. The summed E-state index contributed by atoms with van der Waals surface area (Å²) in [6.45, 7) is 3.74. The Bertz CT molecular complexity index is 340. The number of alkyl halides is 3. The van der Waals surface area contributed by atoms with Gasteiger partial charge >= 0.3 is 6.18 Å². The van der Waals surface area contributed by atoms with Crippen molar-refractivity contribution in [2.75, 3.05) is 6.61 Å². The fourth-order valence-electron chi connectivity index (χ4n) is 1.14. The molecule has 0 aliphatic carbocycles. The molecule has 0 fully saturated rings. The summed E-state index contributed by atoms with van der Waals surface area (Å²) < 4.78 is 41.8. The SMILES string of the molecule is CCOC(C)C(O)c1cnc(C(F)(F)F)s1. The highest BCUT2D eigenvalue weighted by molar-refractivity contribution is 7.11. The second kappa shape index (κ2) is 5.11. The fourth-order valence-corrected chi connectivity index (χ4v) is 2.00. The Balaban J connectivity index is 2.78. The van der Waals surface area contributed by atoms with E-state index in [-0.39, 0.29) is 4.88 Å². The van der Waals surface area contributed by atoms with Crippen LogP contribution in [0, 0.1) is 0 Å². The summed E-state index contributed by atoms with van der Waals surface area (Å²) in [6.07, 6.45) is -5.05. The molecule has 1 aromatic rings. The summed E-state index contributed by atoms with van der Waals surface area (Å²) in [6, 6.07) is 0. The molecule has 1 aromatic heterocycles. The Morgan fingerprint density at radius 3 is 2.62 bits per heavy atom. The Kier molecular flexibility index (Phi) is 4.28. The van der Waals surface area contributed by atoms with Crippen molar-refractivity contribution in [2.45, 2.75) is 32.2 Å². The largest absolute Gasteiger partial charge is 0.443 e. The van der Waals surface area contributed by atoms with Crippen LogP contribution in [0.25, 0.3) is 0 Å². The van der Waals surface area contributed by atoms with Gasteiger partial charge in [-0.05, 0) is 13.8 Å². The Morgan fingerprint density at radius 1 is 1.56 bits per heavy atom. The number of halogens is 3. The monoisotopic (exact) mass is 255 g/mol. The summed E-state index contributed by atoms with van der Waals surface area (Å²) >= 11 is 0.436. The van der Waals surface area contributed by atoms with Crippen LogP contribution in [0.1, 0.15) is 29.8 Å². The summed E-state index contributed by atoms with van der Waals surface area (Å²) in [4.78, 5) is 3.39. The Labute approximate surface area is 94.9 Å². The predicted molar refractivity (Wildman–Crippen MR) is 53.2 cm³/mol. The lowest BCUT2D eigenvalue weighted by atomic mass is 10.2. The highest BCUT2D eigenvalue weighted by Crippen LogP contribution is 2.35. The van der Waals surface area contributed by atoms with Crippen LogP contribution in [0.5, 0.6) is 0 Å². The molecule has 0 radical (unpaired) electrons. The second-order valence-corrected chi connectivity index (χ2v) is 4.23. The van der Waals surface area contributed by atoms with Gasteiger partial charge in [0.1, 0.15) is 6.10 Å². The molecule has 1 N–H and O–H groups in total. The molecule has 3 nitrogen and oxygen atoms in total. The van der Waals surface area contributed by atoms with E-state index in [2.05, 4.69) is 4.98 Å². The zero-order chi connectivity index (χ0) is 12.3. The average molecular weight is 255 g/mol. The smallest absolute Gasteiger partial charge is 0.385 e. The lowest BCUT2D eigenvalue weighted by molar-refractivity contribution is -0.137. The molecule has 0 aromatic carbocycles. The van der Waals surface area contributed by atoms with Crippen LogP contribution in [-0.4, -0.2) is 22.8 Å². The molecule has 0 aliphatic heterocycles. The number of thiazole rings is 1. The molecule has 0 aliphatic rings. The molecule has 0 saturated heterocycles. The van der Waals surface area contributed by atoms with Gasteiger partial charge in [-0.25, -0.2) is 4.98 Å². The van der Waals surface area contributed by atoms with Crippen molar-refractivity contribution in [3.05, 3.63) is 16.1 Å². The van der Waals surface area contributed by atoms with Crippen molar-refractivity contribution in [1.29, 1.82) is 0 Å². The summed E-state index contributed by atoms with van der Waals surface area (Å²) in [5.41, 5.74) is 0. The van der Waals surface area contributed by atoms with Crippen LogP contribution in [0.15, 0.2) is 6.20 Å².